The Balaban J connectivity index is 0.00000144. The summed E-state index contributed by atoms with van der Waals surface area (Å²) in [7, 11) is 1.42. The number of nitrogens with zero attached hydrogens (tertiary/aromatic N) is 1. The van der Waals surface area contributed by atoms with E-state index in [1.807, 2.05) is 0 Å². The molecule has 13 heavy (non-hydrogen) atoms. The number of halogens is 3. The molecule has 0 amide bonds. The number of alkyl halides is 1. The number of hydrogen-bond acceptors (Lipinski definition) is 2. The van der Waals surface area contributed by atoms with Crippen LogP contribution in [0.15, 0.2) is 6.20 Å². The lowest BCUT2D eigenvalue weighted by Crippen LogP contribution is -1.98. The molecule has 1 heterocycles. The second-order valence-electron chi connectivity index (χ2n) is 2.34. The van der Waals surface area contributed by atoms with E-state index in [2.05, 4.69) is 4.98 Å². The predicted molar refractivity (Wildman–Crippen MR) is 52.3 cm³/mol. The number of hydrogen-bond donors (Lipinski definition) is 0. The first kappa shape index (κ1) is 12.5. The molecule has 5 heteroatoms. The average molecular weight is 226 g/mol. The van der Waals surface area contributed by atoms with Gasteiger partial charge in [-0.15, -0.1) is 24.0 Å². The van der Waals surface area contributed by atoms with Crippen molar-refractivity contribution in [1.29, 1.82) is 0 Å². The van der Waals surface area contributed by atoms with E-state index in [0.717, 1.165) is 6.20 Å². The van der Waals surface area contributed by atoms with Crippen LogP contribution in [0.25, 0.3) is 0 Å². The standard InChI is InChI=1S/C8H9ClFNO.ClH/c1-5-7(3-9)11-4-6(10)8(5)12-2;/h4H,3H2,1-2H3;1H. The lowest BCUT2D eigenvalue weighted by Gasteiger charge is -2.07. The Morgan fingerprint density at radius 1 is 1.62 bits per heavy atom. The summed E-state index contributed by atoms with van der Waals surface area (Å²) in [5.74, 6) is 0.0344. The van der Waals surface area contributed by atoms with Gasteiger partial charge in [0.2, 0.25) is 0 Å². The summed E-state index contributed by atoms with van der Waals surface area (Å²) in [5, 5.41) is 0. The van der Waals surface area contributed by atoms with Gasteiger partial charge in [-0.1, -0.05) is 0 Å². The molecule has 2 nitrogen and oxygen atoms in total. The molecule has 0 radical (unpaired) electrons. The summed E-state index contributed by atoms with van der Waals surface area (Å²) < 4.78 is 17.8. The van der Waals surface area contributed by atoms with Crippen LogP contribution >= 0.6 is 24.0 Å². The highest BCUT2D eigenvalue weighted by Crippen LogP contribution is 2.23. The zero-order valence-corrected chi connectivity index (χ0v) is 8.88. The molecule has 0 saturated carbocycles. The third-order valence-electron chi connectivity index (χ3n) is 1.65. The summed E-state index contributed by atoms with van der Waals surface area (Å²) in [6.07, 6.45) is 1.11. The van der Waals surface area contributed by atoms with Crippen molar-refractivity contribution in [1.82, 2.24) is 4.98 Å². The van der Waals surface area contributed by atoms with Crippen molar-refractivity contribution < 1.29 is 9.13 Å². The Hall–Kier alpha value is -0.540. The molecule has 0 bridgehead atoms. The van der Waals surface area contributed by atoms with Crippen LogP contribution in [0.5, 0.6) is 5.75 Å². The molecule has 0 aromatic carbocycles. The SMILES string of the molecule is COc1c(F)cnc(CCl)c1C.Cl. The smallest absolute Gasteiger partial charge is 0.183 e. The number of rotatable bonds is 2. The first-order chi connectivity index (χ1) is 5.70. The van der Waals surface area contributed by atoms with Gasteiger partial charge in [0.25, 0.3) is 0 Å². The van der Waals surface area contributed by atoms with Crippen LogP contribution in [0.2, 0.25) is 0 Å². The van der Waals surface area contributed by atoms with Gasteiger partial charge in [-0.05, 0) is 6.92 Å². The van der Waals surface area contributed by atoms with E-state index in [-0.39, 0.29) is 24.0 Å². The predicted octanol–water partition coefficient (Wildman–Crippen LogP) is 2.70. The summed E-state index contributed by atoms with van der Waals surface area (Å²) in [5.41, 5.74) is 1.31. The minimum Gasteiger partial charge on any atom is -0.493 e. The van der Waals surface area contributed by atoms with Crippen molar-refractivity contribution in [2.24, 2.45) is 0 Å². The molecule has 0 aliphatic heterocycles. The molecule has 0 atom stereocenters. The van der Waals surface area contributed by atoms with Crippen LogP contribution in [-0.4, -0.2) is 12.1 Å². The van der Waals surface area contributed by atoms with Crippen molar-refractivity contribution in [3.8, 4) is 5.75 Å². The highest BCUT2D eigenvalue weighted by molar-refractivity contribution is 6.17. The van der Waals surface area contributed by atoms with Crippen LogP contribution < -0.4 is 4.74 Å². The largest absolute Gasteiger partial charge is 0.493 e. The zero-order chi connectivity index (χ0) is 9.14. The monoisotopic (exact) mass is 225 g/mol. The number of ether oxygens (including phenoxy) is 1. The second-order valence-corrected chi connectivity index (χ2v) is 2.61. The van der Waals surface area contributed by atoms with Crippen LogP contribution in [0.1, 0.15) is 11.3 Å². The van der Waals surface area contributed by atoms with Gasteiger partial charge in [-0.2, -0.15) is 0 Å². The molecule has 0 unspecified atom stereocenters. The fraction of sp³-hybridized carbons (Fsp3) is 0.375. The van der Waals surface area contributed by atoms with E-state index >= 15 is 0 Å². The topological polar surface area (TPSA) is 22.1 Å². The minimum atomic E-state index is -0.455. The van der Waals surface area contributed by atoms with Gasteiger partial charge in [-0.25, -0.2) is 4.39 Å². The van der Waals surface area contributed by atoms with E-state index in [9.17, 15) is 4.39 Å². The van der Waals surface area contributed by atoms with Crippen molar-refractivity contribution in [3.05, 3.63) is 23.3 Å². The maximum absolute atomic E-state index is 12.9. The lowest BCUT2D eigenvalue weighted by atomic mass is 10.2. The van der Waals surface area contributed by atoms with Crippen LogP contribution in [0, 0.1) is 12.7 Å². The third kappa shape index (κ3) is 2.45. The molecule has 0 fully saturated rings. The summed E-state index contributed by atoms with van der Waals surface area (Å²) >= 11 is 5.57. The van der Waals surface area contributed by atoms with Crippen molar-refractivity contribution in [3.63, 3.8) is 0 Å². The van der Waals surface area contributed by atoms with Crippen LogP contribution in [0.3, 0.4) is 0 Å². The molecule has 74 valence electrons. The molecule has 0 spiro atoms. The fourth-order valence-electron chi connectivity index (χ4n) is 0.986. The molecular formula is C8H10Cl2FNO. The Kier molecular flexibility index (Phi) is 5.03. The molecule has 1 aromatic heterocycles. The Morgan fingerprint density at radius 2 is 2.23 bits per heavy atom. The first-order valence-corrected chi connectivity index (χ1v) is 3.98. The second kappa shape index (κ2) is 5.25. The fourth-order valence-corrected chi connectivity index (χ4v) is 1.25. The van der Waals surface area contributed by atoms with Gasteiger partial charge in [0, 0.05) is 5.56 Å². The van der Waals surface area contributed by atoms with Crippen molar-refractivity contribution in [2.45, 2.75) is 12.8 Å². The summed E-state index contributed by atoms with van der Waals surface area (Å²) in [6, 6.07) is 0. The molecule has 0 N–H and O–H groups in total. The number of pyridine rings is 1. The van der Waals surface area contributed by atoms with E-state index in [1.54, 1.807) is 6.92 Å². The maximum Gasteiger partial charge on any atom is 0.183 e. The highest BCUT2D eigenvalue weighted by Gasteiger charge is 2.10. The molecule has 0 aliphatic carbocycles. The van der Waals surface area contributed by atoms with Crippen LogP contribution in [0.4, 0.5) is 4.39 Å². The Bertz CT molecular complexity index is 294. The van der Waals surface area contributed by atoms with Gasteiger partial charge >= 0.3 is 0 Å². The molecule has 0 aliphatic rings. The van der Waals surface area contributed by atoms with E-state index in [4.69, 9.17) is 16.3 Å². The molecule has 0 saturated heterocycles. The third-order valence-corrected chi connectivity index (χ3v) is 1.91. The van der Waals surface area contributed by atoms with Gasteiger partial charge in [-0.3, -0.25) is 4.98 Å². The van der Waals surface area contributed by atoms with Gasteiger partial charge in [0.05, 0.1) is 24.9 Å². The first-order valence-electron chi connectivity index (χ1n) is 3.44. The Labute approximate surface area is 87.5 Å². The van der Waals surface area contributed by atoms with Crippen molar-refractivity contribution >= 4 is 24.0 Å². The van der Waals surface area contributed by atoms with Gasteiger partial charge in [0.15, 0.2) is 11.6 Å². The molecule has 1 aromatic rings. The lowest BCUT2D eigenvalue weighted by molar-refractivity contribution is 0.381. The molecular weight excluding hydrogens is 216 g/mol. The maximum atomic E-state index is 12.9. The highest BCUT2D eigenvalue weighted by atomic mass is 35.5. The van der Waals surface area contributed by atoms with Gasteiger partial charge in [0.1, 0.15) is 0 Å². The van der Waals surface area contributed by atoms with E-state index in [0.29, 0.717) is 11.3 Å². The summed E-state index contributed by atoms with van der Waals surface area (Å²) in [4.78, 5) is 3.82. The van der Waals surface area contributed by atoms with Crippen molar-refractivity contribution in [2.75, 3.05) is 7.11 Å². The van der Waals surface area contributed by atoms with E-state index in [1.165, 1.54) is 7.11 Å². The van der Waals surface area contributed by atoms with E-state index < -0.39 is 5.82 Å². The van der Waals surface area contributed by atoms with Gasteiger partial charge < -0.3 is 4.74 Å². The number of methoxy groups -OCH3 is 1. The Morgan fingerprint density at radius 3 is 2.69 bits per heavy atom. The zero-order valence-electron chi connectivity index (χ0n) is 7.30. The minimum absolute atomic E-state index is 0. The quantitative estimate of drug-likeness (QED) is 0.723. The average Bonchev–Trinajstić information content (AvgIpc) is 2.06. The normalized spacial score (nSPS) is 9.23. The number of aromatic nitrogens is 1. The van der Waals surface area contributed by atoms with Crippen LogP contribution in [-0.2, 0) is 5.88 Å². The molecule has 1 rings (SSSR count). The summed E-state index contributed by atoms with van der Waals surface area (Å²) in [6.45, 7) is 1.73.